The summed E-state index contributed by atoms with van der Waals surface area (Å²) < 4.78 is 45.0. The molecule has 0 bridgehead atoms. The quantitative estimate of drug-likeness (QED) is 0.614. The molecule has 0 aliphatic heterocycles. The SMILES string of the molecule is O=C(OC(c1ccccc1)c1ccccn1)c1ccccc1C(F)(F)F. The van der Waals surface area contributed by atoms with Gasteiger partial charge in [0.1, 0.15) is 0 Å². The molecule has 3 rings (SSSR count). The summed E-state index contributed by atoms with van der Waals surface area (Å²) in [4.78, 5) is 16.7. The standard InChI is InChI=1S/C20H14F3NO2/c21-20(22,23)16-11-5-4-10-15(16)19(25)26-18(14-8-2-1-3-9-14)17-12-6-7-13-24-17/h1-13,18H. The lowest BCUT2D eigenvalue weighted by molar-refractivity contribution is -0.138. The van der Waals surface area contributed by atoms with E-state index in [1.807, 2.05) is 0 Å². The van der Waals surface area contributed by atoms with Gasteiger partial charge in [0.05, 0.1) is 16.8 Å². The van der Waals surface area contributed by atoms with E-state index >= 15 is 0 Å². The van der Waals surface area contributed by atoms with Gasteiger partial charge in [0.25, 0.3) is 0 Å². The van der Waals surface area contributed by atoms with Crippen molar-refractivity contribution in [3.8, 4) is 0 Å². The smallest absolute Gasteiger partial charge is 0.417 e. The first-order valence-electron chi connectivity index (χ1n) is 7.80. The van der Waals surface area contributed by atoms with Gasteiger partial charge in [0.15, 0.2) is 6.10 Å². The molecule has 1 atom stereocenters. The van der Waals surface area contributed by atoms with E-state index in [0.717, 1.165) is 12.1 Å². The van der Waals surface area contributed by atoms with Crippen molar-refractivity contribution >= 4 is 5.97 Å². The van der Waals surface area contributed by atoms with E-state index in [9.17, 15) is 18.0 Å². The Kier molecular flexibility index (Phi) is 5.02. The summed E-state index contributed by atoms with van der Waals surface area (Å²) in [6.45, 7) is 0. The summed E-state index contributed by atoms with van der Waals surface area (Å²) >= 11 is 0. The predicted molar refractivity (Wildman–Crippen MR) is 89.4 cm³/mol. The van der Waals surface area contributed by atoms with Gasteiger partial charge < -0.3 is 4.74 Å². The zero-order valence-corrected chi connectivity index (χ0v) is 13.5. The second-order valence-corrected chi connectivity index (χ2v) is 5.49. The Hall–Kier alpha value is -3.15. The summed E-state index contributed by atoms with van der Waals surface area (Å²) in [7, 11) is 0. The van der Waals surface area contributed by atoms with E-state index in [4.69, 9.17) is 4.74 Å². The maximum absolute atomic E-state index is 13.2. The van der Waals surface area contributed by atoms with E-state index < -0.39 is 29.4 Å². The second-order valence-electron chi connectivity index (χ2n) is 5.49. The maximum atomic E-state index is 13.2. The van der Waals surface area contributed by atoms with Crippen LogP contribution in [0, 0.1) is 0 Å². The van der Waals surface area contributed by atoms with Crippen molar-refractivity contribution in [1.82, 2.24) is 4.98 Å². The van der Waals surface area contributed by atoms with Crippen LogP contribution in [0.3, 0.4) is 0 Å². The number of rotatable bonds is 4. The molecule has 2 aromatic carbocycles. The van der Waals surface area contributed by atoms with Crippen LogP contribution in [0.25, 0.3) is 0 Å². The van der Waals surface area contributed by atoms with Crippen LogP contribution in [-0.2, 0) is 10.9 Å². The molecule has 0 N–H and O–H groups in total. The highest BCUT2D eigenvalue weighted by molar-refractivity contribution is 5.91. The van der Waals surface area contributed by atoms with Gasteiger partial charge >= 0.3 is 12.1 Å². The lowest BCUT2D eigenvalue weighted by Gasteiger charge is -2.19. The average Bonchev–Trinajstić information content (AvgIpc) is 2.66. The molecular formula is C20H14F3NO2. The van der Waals surface area contributed by atoms with Crippen molar-refractivity contribution in [3.63, 3.8) is 0 Å². The number of hydrogen-bond acceptors (Lipinski definition) is 3. The first-order chi connectivity index (χ1) is 12.5. The lowest BCUT2D eigenvalue weighted by Crippen LogP contribution is -2.18. The van der Waals surface area contributed by atoms with Gasteiger partial charge in [-0.25, -0.2) is 4.79 Å². The van der Waals surface area contributed by atoms with Gasteiger partial charge in [-0.1, -0.05) is 48.5 Å². The highest BCUT2D eigenvalue weighted by Crippen LogP contribution is 2.33. The number of nitrogens with zero attached hydrogens (tertiary/aromatic N) is 1. The number of ether oxygens (including phenoxy) is 1. The second kappa shape index (κ2) is 7.39. The predicted octanol–water partition coefficient (Wildman–Crippen LogP) is 5.05. The Balaban J connectivity index is 1.97. The normalized spacial score (nSPS) is 12.4. The van der Waals surface area contributed by atoms with Crippen LogP contribution in [0.4, 0.5) is 13.2 Å². The Morgan fingerprint density at radius 1 is 0.885 bits per heavy atom. The molecular weight excluding hydrogens is 343 g/mol. The van der Waals surface area contributed by atoms with E-state index in [0.29, 0.717) is 11.3 Å². The minimum Gasteiger partial charge on any atom is -0.447 e. The Labute approximate surface area is 148 Å². The number of alkyl halides is 3. The zero-order valence-electron chi connectivity index (χ0n) is 13.5. The van der Waals surface area contributed by atoms with Crippen LogP contribution in [0.2, 0.25) is 0 Å². The first-order valence-corrected chi connectivity index (χ1v) is 7.80. The fraction of sp³-hybridized carbons (Fsp3) is 0.100. The van der Waals surface area contributed by atoms with Crippen molar-refractivity contribution in [2.75, 3.05) is 0 Å². The van der Waals surface area contributed by atoms with Crippen LogP contribution in [-0.4, -0.2) is 11.0 Å². The topological polar surface area (TPSA) is 39.2 Å². The molecule has 132 valence electrons. The largest absolute Gasteiger partial charge is 0.447 e. The molecule has 0 aliphatic rings. The Morgan fingerprint density at radius 2 is 1.54 bits per heavy atom. The Morgan fingerprint density at radius 3 is 2.19 bits per heavy atom. The van der Waals surface area contributed by atoms with Crippen molar-refractivity contribution in [1.29, 1.82) is 0 Å². The number of benzene rings is 2. The number of pyridine rings is 1. The van der Waals surface area contributed by atoms with E-state index in [1.54, 1.807) is 48.5 Å². The molecule has 1 unspecified atom stereocenters. The molecule has 1 heterocycles. The van der Waals surface area contributed by atoms with Crippen molar-refractivity contribution in [2.24, 2.45) is 0 Å². The summed E-state index contributed by atoms with van der Waals surface area (Å²) in [5.41, 5.74) is -0.518. The van der Waals surface area contributed by atoms with Gasteiger partial charge in [0, 0.05) is 6.20 Å². The van der Waals surface area contributed by atoms with Crippen LogP contribution < -0.4 is 0 Å². The molecule has 0 saturated heterocycles. The van der Waals surface area contributed by atoms with Crippen molar-refractivity contribution in [3.05, 3.63) is 101 Å². The first kappa shape index (κ1) is 17.7. The van der Waals surface area contributed by atoms with E-state index in [1.165, 1.54) is 18.3 Å². The van der Waals surface area contributed by atoms with Crippen LogP contribution in [0.1, 0.15) is 33.3 Å². The zero-order chi connectivity index (χ0) is 18.6. The number of aromatic nitrogens is 1. The monoisotopic (exact) mass is 357 g/mol. The molecule has 0 aliphatic carbocycles. The molecule has 0 radical (unpaired) electrons. The molecule has 3 aromatic rings. The summed E-state index contributed by atoms with van der Waals surface area (Å²) in [6.07, 6.45) is -4.03. The third kappa shape index (κ3) is 3.91. The molecule has 1 aromatic heterocycles. The molecule has 0 amide bonds. The molecule has 6 heteroatoms. The number of halogens is 3. The molecule has 0 spiro atoms. The summed E-state index contributed by atoms with van der Waals surface area (Å²) in [5.74, 6) is -1.06. The van der Waals surface area contributed by atoms with Crippen molar-refractivity contribution < 1.29 is 22.7 Å². The maximum Gasteiger partial charge on any atom is 0.417 e. The highest BCUT2D eigenvalue weighted by Gasteiger charge is 2.36. The molecule has 0 saturated carbocycles. The molecule has 26 heavy (non-hydrogen) atoms. The number of hydrogen-bond donors (Lipinski definition) is 0. The molecule has 3 nitrogen and oxygen atoms in total. The van der Waals surface area contributed by atoms with Gasteiger partial charge in [-0.2, -0.15) is 13.2 Å². The third-order valence-corrected chi connectivity index (χ3v) is 3.74. The number of carbonyl (C=O) groups excluding carboxylic acids is 1. The summed E-state index contributed by atoms with van der Waals surface area (Å²) in [5, 5.41) is 0. The van der Waals surface area contributed by atoms with Gasteiger partial charge in [-0.15, -0.1) is 0 Å². The van der Waals surface area contributed by atoms with Crippen LogP contribution in [0.5, 0.6) is 0 Å². The Bertz CT molecular complexity index is 841. The van der Waals surface area contributed by atoms with Crippen LogP contribution in [0.15, 0.2) is 79.0 Å². The van der Waals surface area contributed by atoms with Crippen LogP contribution >= 0.6 is 0 Å². The van der Waals surface area contributed by atoms with E-state index in [2.05, 4.69) is 4.98 Å². The van der Waals surface area contributed by atoms with Gasteiger partial charge in [0.2, 0.25) is 0 Å². The van der Waals surface area contributed by atoms with Gasteiger partial charge in [-0.3, -0.25) is 4.98 Å². The summed E-state index contributed by atoms with van der Waals surface area (Å²) in [6, 6.07) is 18.4. The minimum atomic E-state index is -4.65. The fourth-order valence-electron chi connectivity index (χ4n) is 2.54. The van der Waals surface area contributed by atoms with Gasteiger partial charge in [-0.05, 0) is 29.8 Å². The minimum absolute atomic E-state index is 0.427. The van der Waals surface area contributed by atoms with E-state index in [-0.39, 0.29) is 0 Å². The molecule has 0 fully saturated rings. The third-order valence-electron chi connectivity index (χ3n) is 3.74. The fourth-order valence-corrected chi connectivity index (χ4v) is 2.54. The number of esters is 1. The van der Waals surface area contributed by atoms with Crippen molar-refractivity contribution in [2.45, 2.75) is 12.3 Å². The average molecular weight is 357 g/mol. The number of carbonyl (C=O) groups is 1. The highest BCUT2D eigenvalue weighted by atomic mass is 19.4. The lowest BCUT2D eigenvalue weighted by atomic mass is 10.0.